The van der Waals surface area contributed by atoms with Crippen LogP contribution in [0.5, 0.6) is 0 Å². The number of hydrogen-bond donors (Lipinski definition) is 0. The van der Waals surface area contributed by atoms with Crippen molar-refractivity contribution in [2.45, 2.75) is 0 Å². The van der Waals surface area contributed by atoms with Crippen LogP contribution in [0.2, 0.25) is 0 Å². The van der Waals surface area contributed by atoms with E-state index in [4.69, 9.17) is 19.4 Å². The first-order chi connectivity index (χ1) is 23.3. The molecule has 220 valence electrons. The molecular formula is C42H26N4O. The van der Waals surface area contributed by atoms with E-state index in [2.05, 4.69) is 77.8 Å². The number of para-hydroxylation sites is 1. The Kier molecular flexibility index (Phi) is 6.39. The molecule has 0 amide bonds. The first-order valence-electron chi connectivity index (χ1n) is 15.5. The molecule has 5 aromatic carbocycles. The molecule has 9 aromatic rings. The van der Waals surface area contributed by atoms with E-state index in [9.17, 15) is 0 Å². The van der Waals surface area contributed by atoms with E-state index in [0.29, 0.717) is 5.89 Å². The van der Waals surface area contributed by atoms with Crippen molar-refractivity contribution in [1.82, 2.24) is 19.9 Å². The lowest BCUT2D eigenvalue weighted by molar-refractivity contribution is 0.620. The van der Waals surface area contributed by atoms with E-state index in [0.717, 1.165) is 83.2 Å². The molecule has 0 saturated heterocycles. The van der Waals surface area contributed by atoms with E-state index < -0.39 is 0 Å². The maximum Gasteiger partial charge on any atom is 0.227 e. The highest BCUT2D eigenvalue weighted by molar-refractivity contribution is 6.20. The zero-order valence-electron chi connectivity index (χ0n) is 25.2. The summed E-state index contributed by atoms with van der Waals surface area (Å²) in [7, 11) is 0. The number of rotatable bonds is 5. The Morgan fingerprint density at radius 2 is 1.11 bits per heavy atom. The van der Waals surface area contributed by atoms with E-state index >= 15 is 0 Å². The van der Waals surface area contributed by atoms with Crippen LogP contribution in [0.25, 0.3) is 89.1 Å². The predicted molar refractivity (Wildman–Crippen MR) is 190 cm³/mol. The molecule has 0 aliphatic carbocycles. The lowest BCUT2D eigenvalue weighted by Crippen LogP contribution is -1.91. The fourth-order valence-corrected chi connectivity index (χ4v) is 6.31. The van der Waals surface area contributed by atoms with Crippen molar-refractivity contribution in [1.29, 1.82) is 0 Å². The first kappa shape index (κ1) is 26.9. The van der Waals surface area contributed by atoms with Gasteiger partial charge >= 0.3 is 0 Å². The molecule has 47 heavy (non-hydrogen) atoms. The number of nitrogens with zero attached hydrogens (tertiary/aromatic N) is 4. The smallest absolute Gasteiger partial charge is 0.227 e. The van der Waals surface area contributed by atoms with Gasteiger partial charge in [0.05, 0.1) is 22.6 Å². The molecule has 0 fully saturated rings. The summed E-state index contributed by atoms with van der Waals surface area (Å²) < 4.78 is 6.27. The third-order valence-corrected chi connectivity index (χ3v) is 8.62. The van der Waals surface area contributed by atoms with Crippen molar-refractivity contribution in [3.63, 3.8) is 0 Å². The van der Waals surface area contributed by atoms with Crippen molar-refractivity contribution in [3.05, 3.63) is 158 Å². The van der Waals surface area contributed by atoms with Gasteiger partial charge in [-0.25, -0.2) is 15.0 Å². The van der Waals surface area contributed by atoms with Gasteiger partial charge in [0.15, 0.2) is 5.58 Å². The summed E-state index contributed by atoms with van der Waals surface area (Å²) >= 11 is 0. The van der Waals surface area contributed by atoms with Crippen molar-refractivity contribution in [3.8, 4) is 56.4 Å². The quantitative estimate of drug-likeness (QED) is 0.183. The average molecular weight is 603 g/mol. The van der Waals surface area contributed by atoms with Gasteiger partial charge in [0.25, 0.3) is 0 Å². The third-order valence-electron chi connectivity index (χ3n) is 8.62. The van der Waals surface area contributed by atoms with Crippen LogP contribution in [-0.2, 0) is 0 Å². The summed E-state index contributed by atoms with van der Waals surface area (Å²) in [6.07, 6.45) is 3.58. The molecule has 0 saturated carbocycles. The monoisotopic (exact) mass is 602 g/mol. The molecule has 4 aromatic heterocycles. The zero-order valence-corrected chi connectivity index (χ0v) is 25.2. The fourth-order valence-electron chi connectivity index (χ4n) is 6.31. The first-order valence-corrected chi connectivity index (χ1v) is 15.5. The van der Waals surface area contributed by atoms with Gasteiger partial charge in [0.2, 0.25) is 5.89 Å². The van der Waals surface area contributed by atoms with Crippen molar-refractivity contribution < 1.29 is 4.42 Å². The molecule has 0 unspecified atom stereocenters. The number of pyridine rings is 3. The number of aromatic nitrogens is 4. The largest absolute Gasteiger partial charge is 0.436 e. The summed E-state index contributed by atoms with van der Waals surface area (Å²) in [5, 5.41) is 3.14. The van der Waals surface area contributed by atoms with Crippen LogP contribution in [0.4, 0.5) is 0 Å². The Hall–Kier alpha value is -6.46. The summed E-state index contributed by atoms with van der Waals surface area (Å²) in [5.74, 6) is 0.611. The number of hydrogen-bond acceptors (Lipinski definition) is 5. The van der Waals surface area contributed by atoms with Gasteiger partial charge in [-0.2, -0.15) is 0 Å². The highest BCUT2D eigenvalue weighted by atomic mass is 16.3. The van der Waals surface area contributed by atoms with Crippen molar-refractivity contribution in [2.75, 3.05) is 0 Å². The molecule has 4 heterocycles. The highest BCUT2D eigenvalue weighted by Crippen LogP contribution is 2.39. The van der Waals surface area contributed by atoms with Crippen LogP contribution in [0.1, 0.15) is 0 Å². The van der Waals surface area contributed by atoms with Gasteiger partial charge < -0.3 is 4.42 Å². The topological polar surface area (TPSA) is 64.7 Å². The fraction of sp³-hybridized carbons (Fsp3) is 0. The maximum atomic E-state index is 6.27. The Morgan fingerprint density at radius 1 is 0.426 bits per heavy atom. The molecule has 0 radical (unpaired) electrons. The van der Waals surface area contributed by atoms with Gasteiger partial charge in [-0.3, -0.25) is 4.98 Å². The van der Waals surface area contributed by atoms with E-state index in [1.54, 1.807) is 12.4 Å². The molecule has 0 bridgehead atoms. The van der Waals surface area contributed by atoms with Crippen LogP contribution in [0.15, 0.2) is 162 Å². The molecule has 0 atom stereocenters. The highest BCUT2D eigenvalue weighted by Gasteiger charge is 2.18. The Labute approximate surface area is 270 Å². The molecule has 5 nitrogen and oxygen atoms in total. The van der Waals surface area contributed by atoms with Gasteiger partial charge in [0.1, 0.15) is 5.52 Å². The summed E-state index contributed by atoms with van der Waals surface area (Å²) in [5.41, 5.74) is 11.6. The van der Waals surface area contributed by atoms with Gasteiger partial charge in [0, 0.05) is 50.8 Å². The average Bonchev–Trinajstić information content (AvgIpc) is 3.60. The van der Waals surface area contributed by atoms with Gasteiger partial charge in [-0.1, -0.05) is 84.9 Å². The van der Waals surface area contributed by atoms with Crippen LogP contribution >= 0.6 is 0 Å². The molecule has 0 aliphatic heterocycles. The summed E-state index contributed by atoms with van der Waals surface area (Å²) in [6, 6.07) is 49.7. The molecule has 5 heteroatoms. The standard InChI is InChI=1S/C42H26N4O/c1-2-8-30(9-3-1)42-46-41-38(47-42)21-20-34-39(41)33-12-4-5-13-37(33)45-40(34)32-11-6-10-31(26-32)27-16-18-28(19-17-27)35-14-7-15-36(44-35)29-22-24-43-25-23-29/h1-26H. The second-order valence-corrected chi connectivity index (χ2v) is 11.5. The minimum Gasteiger partial charge on any atom is -0.436 e. The molecule has 0 spiro atoms. The van der Waals surface area contributed by atoms with E-state index in [-0.39, 0.29) is 0 Å². The SMILES string of the molecule is c1ccc(-c2nc3c(ccc4c(-c5cccc(-c6ccc(-c7cccc(-c8ccncc8)n7)cc6)c5)nc5ccccc5c43)o2)cc1. The minimum atomic E-state index is 0.611. The molecular weight excluding hydrogens is 576 g/mol. The number of oxazole rings is 1. The Morgan fingerprint density at radius 3 is 1.94 bits per heavy atom. The van der Waals surface area contributed by atoms with E-state index in [1.165, 1.54) is 0 Å². The number of fused-ring (bicyclic) bond motifs is 5. The van der Waals surface area contributed by atoms with Crippen molar-refractivity contribution >= 4 is 32.8 Å². The minimum absolute atomic E-state index is 0.611. The predicted octanol–water partition coefficient (Wildman–Crippen LogP) is 10.7. The van der Waals surface area contributed by atoms with Gasteiger partial charge in [-0.05, 0) is 71.8 Å². The molecule has 0 aliphatic rings. The normalized spacial score (nSPS) is 11.4. The second-order valence-electron chi connectivity index (χ2n) is 11.5. The zero-order chi connectivity index (χ0) is 31.2. The molecule has 9 rings (SSSR count). The number of benzene rings is 5. The van der Waals surface area contributed by atoms with Crippen LogP contribution in [-0.4, -0.2) is 19.9 Å². The Bertz CT molecular complexity index is 2560. The summed E-state index contributed by atoms with van der Waals surface area (Å²) in [4.78, 5) is 19.3. The van der Waals surface area contributed by atoms with Gasteiger partial charge in [-0.15, -0.1) is 0 Å². The second kappa shape index (κ2) is 11.2. The molecule has 0 N–H and O–H groups in total. The lowest BCUT2D eigenvalue weighted by atomic mass is 9.96. The summed E-state index contributed by atoms with van der Waals surface area (Å²) in [6.45, 7) is 0. The van der Waals surface area contributed by atoms with Crippen LogP contribution in [0.3, 0.4) is 0 Å². The maximum absolute atomic E-state index is 6.27. The lowest BCUT2D eigenvalue weighted by Gasteiger charge is -2.12. The van der Waals surface area contributed by atoms with Crippen LogP contribution in [0, 0.1) is 0 Å². The third kappa shape index (κ3) is 4.82. The van der Waals surface area contributed by atoms with Crippen LogP contribution < -0.4 is 0 Å². The Balaban J connectivity index is 1.13. The van der Waals surface area contributed by atoms with Crippen molar-refractivity contribution in [2.24, 2.45) is 0 Å². The van der Waals surface area contributed by atoms with E-state index in [1.807, 2.05) is 72.8 Å².